The molecule has 0 fully saturated rings. The number of nitrogens with one attached hydrogen (secondary N) is 1. The van der Waals surface area contributed by atoms with Crippen molar-refractivity contribution in [3.63, 3.8) is 0 Å². The Balaban J connectivity index is 1.78. The van der Waals surface area contributed by atoms with Crippen LogP contribution in [0.4, 0.5) is 4.79 Å². The number of benzene rings is 2. The lowest BCUT2D eigenvalue weighted by atomic mass is 10.2. The molecule has 2 rings (SSSR count). The van der Waals surface area contributed by atoms with Crippen molar-refractivity contribution < 1.29 is 9.53 Å². The third-order valence-corrected chi connectivity index (χ3v) is 4.07. The van der Waals surface area contributed by atoms with Gasteiger partial charge in [-0.2, -0.15) is 0 Å². The van der Waals surface area contributed by atoms with Crippen LogP contribution < -0.4 is 5.32 Å². The monoisotopic (exact) mass is 368 g/mol. The number of amides is 1. The fraction of sp³-hybridized carbons (Fsp3) is 0.435. The van der Waals surface area contributed by atoms with Crippen molar-refractivity contribution in [1.29, 1.82) is 0 Å². The van der Waals surface area contributed by atoms with Gasteiger partial charge in [-0.05, 0) is 51.3 Å². The molecule has 0 aromatic heterocycles. The minimum absolute atomic E-state index is 0.247. The zero-order chi connectivity index (χ0) is 19.5. The van der Waals surface area contributed by atoms with Crippen LogP contribution in [0.3, 0.4) is 0 Å². The van der Waals surface area contributed by atoms with Gasteiger partial charge in [0.05, 0.1) is 0 Å². The Hall–Kier alpha value is -2.33. The molecule has 1 amide bonds. The van der Waals surface area contributed by atoms with E-state index in [-0.39, 0.29) is 6.09 Å². The van der Waals surface area contributed by atoms with E-state index in [1.807, 2.05) is 57.2 Å². The van der Waals surface area contributed by atoms with Gasteiger partial charge in [0.2, 0.25) is 0 Å². The maximum Gasteiger partial charge on any atom is 0.410 e. The molecule has 0 saturated heterocycles. The van der Waals surface area contributed by atoms with E-state index in [0.29, 0.717) is 13.1 Å². The number of hydrogen-bond acceptors (Lipinski definition) is 3. The summed E-state index contributed by atoms with van der Waals surface area (Å²) in [5.74, 6) is 0. The van der Waals surface area contributed by atoms with Gasteiger partial charge in [0, 0.05) is 19.6 Å². The predicted molar refractivity (Wildman–Crippen MR) is 110 cm³/mol. The van der Waals surface area contributed by atoms with Crippen molar-refractivity contribution >= 4 is 6.09 Å². The van der Waals surface area contributed by atoms with Gasteiger partial charge in [0.25, 0.3) is 0 Å². The van der Waals surface area contributed by atoms with Crippen molar-refractivity contribution in [3.8, 4) is 0 Å². The van der Waals surface area contributed by atoms with Gasteiger partial charge < -0.3 is 15.0 Å². The van der Waals surface area contributed by atoms with Crippen LogP contribution in [0.5, 0.6) is 0 Å². The van der Waals surface area contributed by atoms with Crippen molar-refractivity contribution in [2.75, 3.05) is 13.1 Å². The smallest absolute Gasteiger partial charge is 0.410 e. The summed E-state index contributed by atoms with van der Waals surface area (Å²) in [6.07, 6.45) is 1.71. The molecule has 0 radical (unpaired) electrons. The van der Waals surface area contributed by atoms with Crippen LogP contribution in [0.25, 0.3) is 0 Å². The van der Waals surface area contributed by atoms with E-state index in [1.54, 1.807) is 4.90 Å². The van der Waals surface area contributed by atoms with E-state index in [4.69, 9.17) is 4.74 Å². The average Bonchev–Trinajstić information content (AvgIpc) is 2.64. The quantitative estimate of drug-likeness (QED) is 0.634. The second-order valence-electron chi connectivity index (χ2n) is 7.76. The second kappa shape index (κ2) is 10.7. The number of hydrogen-bond donors (Lipinski definition) is 1. The highest BCUT2D eigenvalue weighted by atomic mass is 16.6. The van der Waals surface area contributed by atoms with E-state index in [9.17, 15) is 4.79 Å². The van der Waals surface area contributed by atoms with Crippen LogP contribution in [0.15, 0.2) is 60.7 Å². The summed E-state index contributed by atoms with van der Waals surface area (Å²) in [5, 5.41) is 3.46. The van der Waals surface area contributed by atoms with Crippen LogP contribution in [-0.4, -0.2) is 29.7 Å². The van der Waals surface area contributed by atoms with E-state index in [1.165, 1.54) is 5.56 Å². The van der Waals surface area contributed by atoms with Gasteiger partial charge in [0.1, 0.15) is 5.60 Å². The topological polar surface area (TPSA) is 41.6 Å². The summed E-state index contributed by atoms with van der Waals surface area (Å²) in [4.78, 5) is 14.4. The minimum Gasteiger partial charge on any atom is -0.444 e. The van der Waals surface area contributed by atoms with Gasteiger partial charge in [-0.25, -0.2) is 4.79 Å². The predicted octanol–water partition coefficient (Wildman–Crippen LogP) is 4.99. The Bertz CT molecular complexity index is 666. The number of rotatable bonds is 9. The van der Waals surface area contributed by atoms with Crippen LogP contribution in [0.2, 0.25) is 0 Å². The SMILES string of the molecule is CC(C)(C)OC(=O)N(CCCCNCc1ccccc1)Cc1ccccc1. The lowest BCUT2D eigenvalue weighted by Gasteiger charge is -2.27. The molecule has 0 atom stereocenters. The number of ether oxygens (including phenoxy) is 1. The summed E-state index contributed by atoms with van der Waals surface area (Å²) < 4.78 is 5.58. The zero-order valence-corrected chi connectivity index (χ0v) is 16.8. The summed E-state index contributed by atoms with van der Waals surface area (Å²) in [5.41, 5.74) is 1.92. The number of nitrogens with zero attached hydrogens (tertiary/aromatic N) is 1. The third kappa shape index (κ3) is 8.74. The second-order valence-corrected chi connectivity index (χ2v) is 7.76. The van der Waals surface area contributed by atoms with Gasteiger partial charge in [-0.1, -0.05) is 60.7 Å². The first-order chi connectivity index (χ1) is 12.9. The van der Waals surface area contributed by atoms with Crippen molar-refractivity contribution in [2.45, 2.75) is 52.3 Å². The number of carbonyl (C=O) groups is 1. The average molecular weight is 369 g/mol. The zero-order valence-electron chi connectivity index (χ0n) is 16.8. The molecule has 0 unspecified atom stereocenters. The Morgan fingerprint density at radius 1 is 0.926 bits per heavy atom. The maximum absolute atomic E-state index is 12.6. The van der Waals surface area contributed by atoms with Crippen molar-refractivity contribution in [2.24, 2.45) is 0 Å². The molecule has 0 spiro atoms. The van der Waals surface area contributed by atoms with Crippen LogP contribution in [0.1, 0.15) is 44.7 Å². The van der Waals surface area contributed by atoms with Gasteiger partial charge in [-0.15, -0.1) is 0 Å². The number of carbonyl (C=O) groups excluding carboxylic acids is 1. The van der Waals surface area contributed by atoms with E-state index in [2.05, 4.69) is 29.6 Å². The molecule has 0 heterocycles. The first kappa shape index (κ1) is 21.0. The van der Waals surface area contributed by atoms with Gasteiger partial charge in [-0.3, -0.25) is 0 Å². The fourth-order valence-corrected chi connectivity index (χ4v) is 2.75. The standard InChI is InChI=1S/C23H32N2O2/c1-23(2,3)27-22(26)25(19-21-14-8-5-9-15-21)17-11-10-16-24-18-20-12-6-4-7-13-20/h4-9,12-15,24H,10-11,16-19H2,1-3H3. The van der Waals surface area contributed by atoms with Crippen LogP contribution in [-0.2, 0) is 17.8 Å². The summed E-state index contributed by atoms with van der Waals surface area (Å²) >= 11 is 0. The first-order valence-electron chi connectivity index (χ1n) is 9.70. The molecule has 146 valence electrons. The third-order valence-electron chi connectivity index (χ3n) is 4.07. The summed E-state index contributed by atoms with van der Waals surface area (Å²) in [6, 6.07) is 20.4. The highest BCUT2D eigenvalue weighted by Crippen LogP contribution is 2.13. The fourth-order valence-electron chi connectivity index (χ4n) is 2.75. The maximum atomic E-state index is 12.6. The molecular formula is C23H32N2O2. The van der Waals surface area contributed by atoms with Crippen molar-refractivity contribution in [3.05, 3.63) is 71.8 Å². The molecule has 0 saturated carbocycles. The minimum atomic E-state index is -0.483. The highest BCUT2D eigenvalue weighted by Gasteiger charge is 2.21. The Morgan fingerprint density at radius 3 is 2.11 bits per heavy atom. The van der Waals surface area contributed by atoms with Crippen molar-refractivity contribution in [1.82, 2.24) is 10.2 Å². The largest absolute Gasteiger partial charge is 0.444 e. The molecule has 0 aliphatic rings. The summed E-state index contributed by atoms with van der Waals surface area (Å²) in [6.45, 7) is 8.78. The lowest BCUT2D eigenvalue weighted by Crippen LogP contribution is -2.37. The molecular weight excluding hydrogens is 336 g/mol. The molecule has 2 aromatic carbocycles. The van der Waals surface area contributed by atoms with Gasteiger partial charge >= 0.3 is 6.09 Å². The molecule has 2 aromatic rings. The summed E-state index contributed by atoms with van der Waals surface area (Å²) in [7, 11) is 0. The van der Waals surface area contributed by atoms with Gasteiger partial charge in [0.15, 0.2) is 0 Å². The van der Waals surface area contributed by atoms with Crippen LogP contribution in [0, 0.1) is 0 Å². The highest BCUT2D eigenvalue weighted by molar-refractivity contribution is 5.68. The Morgan fingerprint density at radius 2 is 1.52 bits per heavy atom. The lowest BCUT2D eigenvalue weighted by molar-refractivity contribution is 0.0230. The Kier molecular flexibility index (Phi) is 8.34. The number of unbranched alkanes of at least 4 members (excludes halogenated alkanes) is 1. The normalized spacial score (nSPS) is 11.2. The first-order valence-corrected chi connectivity index (χ1v) is 9.70. The molecule has 0 aliphatic heterocycles. The molecule has 1 N–H and O–H groups in total. The molecule has 4 nitrogen and oxygen atoms in total. The Labute approximate surface area is 163 Å². The molecule has 4 heteroatoms. The molecule has 0 aliphatic carbocycles. The van der Waals surface area contributed by atoms with Crippen LogP contribution >= 0.6 is 0 Å². The van der Waals surface area contributed by atoms with E-state index < -0.39 is 5.60 Å². The van der Waals surface area contributed by atoms with E-state index >= 15 is 0 Å². The van der Waals surface area contributed by atoms with E-state index in [0.717, 1.165) is 31.5 Å². The molecule has 0 bridgehead atoms. The molecule has 27 heavy (non-hydrogen) atoms.